The molecular weight excluding hydrogens is 166 g/mol. The number of benzene rings is 1. The minimum atomic E-state index is -0.124. The molecule has 1 aromatic carbocycles. The summed E-state index contributed by atoms with van der Waals surface area (Å²) in [6.45, 7) is 2.85. The largest absolute Gasteiger partial charge is 0.398 e. The second-order valence-corrected chi connectivity index (χ2v) is 2.88. The zero-order valence-corrected chi connectivity index (χ0v) is 7.63. The number of hydrogen-bond acceptors (Lipinski definition) is 3. The van der Waals surface area contributed by atoms with Crippen molar-refractivity contribution in [2.24, 2.45) is 0 Å². The van der Waals surface area contributed by atoms with E-state index in [1.165, 1.54) is 13.8 Å². The molecule has 0 aliphatic heterocycles. The van der Waals surface area contributed by atoms with Crippen molar-refractivity contribution in [3.8, 4) is 0 Å². The van der Waals surface area contributed by atoms with Gasteiger partial charge < -0.3 is 5.73 Å². The van der Waals surface area contributed by atoms with Crippen LogP contribution in [0.25, 0.3) is 0 Å². The van der Waals surface area contributed by atoms with Crippen LogP contribution in [0, 0.1) is 0 Å². The molecule has 3 nitrogen and oxygen atoms in total. The van der Waals surface area contributed by atoms with E-state index < -0.39 is 0 Å². The van der Waals surface area contributed by atoms with Gasteiger partial charge in [0.1, 0.15) is 0 Å². The molecule has 2 N–H and O–H groups in total. The van der Waals surface area contributed by atoms with Gasteiger partial charge in [-0.25, -0.2) is 0 Å². The van der Waals surface area contributed by atoms with E-state index in [1.54, 1.807) is 18.2 Å². The monoisotopic (exact) mass is 177 g/mol. The summed E-state index contributed by atoms with van der Waals surface area (Å²) >= 11 is 0. The highest BCUT2D eigenvalue weighted by Crippen LogP contribution is 2.18. The zero-order valence-electron chi connectivity index (χ0n) is 7.63. The molecule has 0 bridgehead atoms. The molecule has 0 unspecified atom stereocenters. The smallest absolute Gasteiger partial charge is 0.161 e. The Morgan fingerprint density at radius 3 is 1.77 bits per heavy atom. The van der Waals surface area contributed by atoms with Gasteiger partial charge in [-0.1, -0.05) is 6.07 Å². The van der Waals surface area contributed by atoms with E-state index in [9.17, 15) is 9.59 Å². The fraction of sp³-hybridized carbons (Fsp3) is 0.200. The number of anilines is 1. The molecular formula is C10H11NO2. The van der Waals surface area contributed by atoms with Gasteiger partial charge in [-0.05, 0) is 26.0 Å². The molecule has 0 amide bonds. The van der Waals surface area contributed by atoms with E-state index in [0.717, 1.165) is 0 Å². The Morgan fingerprint density at radius 1 is 1.08 bits per heavy atom. The SMILES string of the molecule is CC(=O)c1cccc(C(C)=O)c1N. The lowest BCUT2D eigenvalue weighted by molar-refractivity contribution is 0.101. The first-order valence-corrected chi connectivity index (χ1v) is 3.94. The van der Waals surface area contributed by atoms with Gasteiger partial charge in [0.05, 0.1) is 5.69 Å². The van der Waals surface area contributed by atoms with Crippen LogP contribution in [0.4, 0.5) is 5.69 Å². The number of carbonyl (C=O) groups is 2. The Labute approximate surface area is 76.6 Å². The number of para-hydroxylation sites is 1. The van der Waals surface area contributed by atoms with Gasteiger partial charge in [0.2, 0.25) is 0 Å². The third kappa shape index (κ3) is 1.75. The Kier molecular flexibility index (Phi) is 2.46. The molecule has 0 saturated heterocycles. The molecule has 0 radical (unpaired) electrons. The summed E-state index contributed by atoms with van der Waals surface area (Å²) in [7, 11) is 0. The van der Waals surface area contributed by atoms with Crippen LogP contribution in [0.2, 0.25) is 0 Å². The summed E-state index contributed by atoms with van der Waals surface area (Å²) in [4.78, 5) is 22.1. The topological polar surface area (TPSA) is 60.2 Å². The summed E-state index contributed by atoms with van der Waals surface area (Å²) in [5.41, 5.74) is 6.74. The molecule has 0 saturated carbocycles. The lowest BCUT2D eigenvalue weighted by Gasteiger charge is -2.05. The normalized spacial score (nSPS) is 9.69. The Balaban J connectivity index is 3.35. The maximum Gasteiger partial charge on any atom is 0.161 e. The van der Waals surface area contributed by atoms with E-state index in [4.69, 9.17) is 5.73 Å². The van der Waals surface area contributed by atoms with Gasteiger partial charge >= 0.3 is 0 Å². The molecule has 0 heterocycles. The van der Waals surface area contributed by atoms with Crippen molar-refractivity contribution < 1.29 is 9.59 Å². The summed E-state index contributed by atoms with van der Waals surface area (Å²) in [5, 5.41) is 0. The fourth-order valence-electron chi connectivity index (χ4n) is 1.18. The predicted octanol–water partition coefficient (Wildman–Crippen LogP) is 1.67. The van der Waals surface area contributed by atoms with Crippen molar-refractivity contribution in [1.29, 1.82) is 0 Å². The van der Waals surface area contributed by atoms with Crippen LogP contribution in [0.15, 0.2) is 18.2 Å². The van der Waals surface area contributed by atoms with Gasteiger partial charge in [0.25, 0.3) is 0 Å². The maximum absolute atomic E-state index is 11.0. The van der Waals surface area contributed by atoms with E-state index in [0.29, 0.717) is 11.1 Å². The van der Waals surface area contributed by atoms with Crippen LogP contribution in [-0.2, 0) is 0 Å². The van der Waals surface area contributed by atoms with Gasteiger partial charge in [-0.15, -0.1) is 0 Å². The minimum absolute atomic E-state index is 0.124. The second-order valence-electron chi connectivity index (χ2n) is 2.88. The summed E-state index contributed by atoms with van der Waals surface area (Å²) < 4.78 is 0. The number of rotatable bonds is 2. The summed E-state index contributed by atoms with van der Waals surface area (Å²) in [6.07, 6.45) is 0. The highest BCUT2D eigenvalue weighted by molar-refractivity contribution is 6.07. The molecule has 3 heteroatoms. The summed E-state index contributed by atoms with van der Waals surface area (Å²) in [5.74, 6) is -0.249. The molecule has 1 rings (SSSR count). The van der Waals surface area contributed by atoms with Crippen molar-refractivity contribution in [2.45, 2.75) is 13.8 Å². The molecule has 68 valence electrons. The van der Waals surface area contributed by atoms with E-state index in [2.05, 4.69) is 0 Å². The Hall–Kier alpha value is -1.64. The number of nitrogens with two attached hydrogens (primary N) is 1. The lowest BCUT2D eigenvalue weighted by Crippen LogP contribution is -2.05. The average Bonchev–Trinajstić information content (AvgIpc) is 2.03. The van der Waals surface area contributed by atoms with Crippen LogP contribution in [0.1, 0.15) is 34.6 Å². The highest BCUT2D eigenvalue weighted by Gasteiger charge is 2.10. The number of ketones is 2. The first kappa shape index (κ1) is 9.45. The van der Waals surface area contributed by atoms with E-state index >= 15 is 0 Å². The third-order valence-corrected chi connectivity index (χ3v) is 1.86. The maximum atomic E-state index is 11.0. The average molecular weight is 177 g/mol. The van der Waals surface area contributed by atoms with E-state index in [1.807, 2.05) is 0 Å². The molecule has 1 aromatic rings. The van der Waals surface area contributed by atoms with Crippen LogP contribution in [0.5, 0.6) is 0 Å². The predicted molar refractivity (Wildman–Crippen MR) is 50.9 cm³/mol. The number of Topliss-reactive ketones (excluding diaryl/α,β-unsaturated/α-hetero) is 2. The van der Waals surface area contributed by atoms with Crippen LogP contribution in [-0.4, -0.2) is 11.6 Å². The number of hydrogen-bond donors (Lipinski definition) is 1. The van der Waals surface area contributed by atoms with E-state index in [-0.39, 0.29) is 17.3 Å². The van der Waals surface area contributed by atoms with Crippen molar-refractivity contribution in [3.05, 3.63) is 29.3 Å². The Morgan fingerprint density at radius 2 is 1.46 bits per heavy atom. The molecule has 0 aromatic heterocycles. The van der Waals surface area contributed by atoms with Crippen LogP contribution >= 0.6 is 0 Å². The molecule has 0 atom stereocenters. The standard InChI is InChI=1S/C10H11NO2/c1-6(12)8-4-3-5-9(7(2)13)10(8)11/h3-5H,11H2,1-2H3. The van der Waals surface area contributed by atoms with Gasteiger partial charge in [0, 0.05) is 11.1 Å². The summed E-state index contributed by atoms with van der Waals surface area (Å²) in [6, 6.07) is 4.89. The molecule has 0 spiro atoms. The highest BCUT2D eigenvalue weighted by atomic mass is 16.1. The Bertz CT molecular complexity index is 337. The van der Waals surface area contributed by atoms with Crippen molar-refractivity contribution in [2.75, 3.05) is 5.73 Å². The molecule has 13 heavy (non-hydrogen) atoms. The van der Waals surface area contributed by atoms with Gasteiger partial charge in [-0.3, -0.25) is 9.59 Å². The third-order valence-electron chi connectivity index (χ3n) is 1.86. The van der Waals surface area contributed by atoms with Crippen LogP contribution < -0.4 is 5.73 Å². The minimum Gasteiger partial charge on any atom is -0.398 e. The van der Waals surface area contributed by atoms with Crippen molar-refractivity contribution in [1.82, 2.24) is 0 Å². The molecule has 0 aliphatic carbocycles. The fourth-order valence-corrected chi connectivity index (χ4v) is 1.18. The molecule has 0 aliphatic rings. The quantitative estimate of drug-likeness (QED) is 0.552. The van der Waals surface area contributed by atoms with Crippen molar-refractivity contribution in [3.63, 3.8) is 0 Å². The van der Waals surface area contributed by atoms with Gasteiger partial charge in [0.15, 0.2) is 11.6 Å². The van der Waals surface area contributed by atoms with Crippen LogP contribution in [0.3, 0.4) is 0 Å². The number of carbonyl (C=O) groups excluding carboxylic acids is 2. The zero-order chi connectivity index (χ0) is 10.0. The first-order chi connectivity index (χ1) is 6.04. The first-order valence-electron chi connectivity index (χ1n) is 3.94. The lowest BCUT2D eigenvalue weighted by atomic mass is 10.0. The molecule has 0 fully saturated rings. The number of nitrogen functional groups attached to an aromatic ring is 1. The second kappa shape index (κ2) is 3.39. The van der Waals surface area contributed by atoms with Crippen molar-refractivity contribution >= 4 is 17.3 Å². The van der Waals surface area contributed by atoms with Gasteiger partial charge in [-0.2, -0.15) is 0 Å².